The maximum absolute atomic E-state index is 13.8. The average Bonchev–Trinajstić information content (AvgIpc) is 2.35. The first-order valence-corrected chi connectivity index (χ1v) is 6.56. The molecule has 0 amide bonds. The lowest BCUT2D eigenvalue weighted by Crippen LogP contribution is -2.43. The fourth-order valence-corrected chi connectivity index (χ4v) is 2.66. The third kappa shape index (κ3) is 2.63. The van der Waals surface area contributed by atoms with Crippen molar-refractivity contribution in [2.45, 2.75) is 24.4 Å². The Balaban J connectivity index is 2.38. The van der Waals surface area contributed by atoms with E-state index in [1.807, 2.05) is 0 Å². The van der Waals surface area contributed by atoms with E-state index in [-0.39, 0.29) is 5.56 Å². The van der Waals surface area contributed by atoms with Crippen molar-refractivity contribution >= 4 is 22.2 Å². The van der Waals surface area contributed by atoms with Crippen LogP contribution in [-0.2, 0) is 9.53 Å². The Morgan fingerprint density at radius 2 is 2.11 bits per heavy atom. The fourth-order valence-electron chi connectivity index (χ4n) is 2.28. The van der Waals surface area contributed by atoms with Crippen molar-refractivity contribution in [1.29, 1.82) is 0 Å². The molecular weight excluding hydrogens is 303 g/mol. The van der Waals surface area contributed by atoms with E-state index in [2.05, 4.69) is 15.9 Å². The van der Waals surface area contributed by atoms with E-state index in [0.717, 1.165) is 0 Å². The van der Waals surface area contributed by atoms with Gasteiger partial charge in [-0.25, -0.2) is 4.39 Å². The van der Waals surface area contributed by atoms with Crippen LogP contribution in [0.2, 0.25) is 0 Å². The number of benzene rings is 1. The molecule has 1 unspecified atom stereocenters. The van der Waals surface area contributed by atoms with Gasteiger partial charge in [-0.1, -0.05) is 15.9 Å². The largest absolute Gasteiger partial charge is 0.389 e. The van der Waals surface area contributed by atoms with E-state index in [0.29, 0.717) is 36.8 Å². The van der Waals surface area contributed by atoms with E-state index in [1.54, 1.807) is 12.1 Å². The Morgan fingerprint density at radius 3 is 2.72 bits per heavy atom. The van der Waals surface area contributed by atoms with Gasteiger partial charge in [0.1, 0.15) is 12.1 Å². The quantitative estimate of drug-likeness (QED) is 0.871. The van der Waals surface area contributed by atoms with Gasteiger partial charge < -0.3 is 14.6 Å². The van der Waals surface area contributed by atoms with E-state index in [4.69, 9.17) is 4.74 Å². The number of ether oxygens (including phenoxy) is 1. The minimum Gasteiger partial charge on any atom is -0.389 e. The van der Waals surface area contributed by atoms with Crippen molar-refractivity contribution in [2.75, 3.05) is 13.2 Å². The standard InChI is InChI=1S/C13H14BrFO3/c14-9-1-2-12(15)10(7-9)11(8-16)13(17)3-5-18-6-4-13/h1-2,7-8,11,17H,3-6H2. The molecule has 1 N–H and O–H groups in total. The summed E-state index contributed by atoms with van der Waals surface area (Å²) in [5, 5.41) is 10.5. The van der Waals surface area contributed by atoms with Gasteiger partial charge in [0.2, 0.25) is 0 Å². The van der Waals surface area contributed by atoms with E-state index < -0.39 is 17.3 Å². The summed E-state index contributed by atoms with van der Waals surface area (Å²) in [6, 6.07) is 4.40. The van der Waals surface area contributed by atoms with Crippen LogP contribution >= 0.6 is 15.9 Å². The van der Waals surface area contributed by atoms with Crippen LogP contribution < -0.4 is 0 Å². The minimum atomic E-state index is -1.22. The number of carbonyl (C=O) groups excluding carboxylic acids is 1. The highest BCUT2D eigenvalue weighted by Crippen LogP contribution is 2.36. The Hall–Kier alpha value is -0.780. The zero-order valence-electron chi connectivity index (χ0n) is 9.73. The van der Waals surface area contributed by atoms with Gasteiger partial charge in [-0.15, -0.1) is 0 Å². The molecule has 1 aliphatic heterocycles. The normalized spacial score (nSPS) is 20.4. The highest BCUT2D eigenvalue weighted by molar-refractivity contribution is 9.10. The van der Waals surface area contributed by atoms with Gasteiger partial charge in [0.15, 0.2) is 0 Å². The van der Waals surface area contributed by atoms with Crippen molar-refractivity contribution in [3.8, 4) is 0 Å². The topological polar surface area (TPSA) is 46.5 Å². The lowest BCUT2D eigenvalue weighted by molar-refractivity contribution is -0.122. The third-order valence-corrected chi connectivity index (χ3v) is 3.86. The van der Waals surface area contributed by atoms with Crippen LogP contribution in [0.15, 0.2) is 22.7 Å². The van der Waals surface area contributed by atoms with Gasteiger partial charge in [0.25, 0.3) is 0 Å². The SMILES string of the molecule is O=CC(c1cc(Br)ccc1F)C1(O)CCOCC1. The molecule has 1 atom stereocenters. The second-order valence-corrected chi connectivity index (χ2v) is 5.41. The van der Waals surface area contributed by atoms with Gasteiger partial charge in [-0.3, -0.25) is 0 Å². The van der Waals surface area contributed by atoms with E-state index >= 15 is 0 Å². The first-order valence-electron chi connectivity index (χ1n) is 5.77. The minimum absolute atomic E-state index is 0.226. The molecule has 98 valence electrons. The lowest BCUT2D eigenvalue weighted by Gasteiger charge is -2.36. The van der Waals surface area contributed by atoms with Crippen molar-refractivity contribution in [2.24, 2.45) is 0 Å². The molecule has 0 aliphatic carbocycles. The van der Waals surface area contributed by atoms with Crippen LogP contribution in [0.4, 0.5) is 4.39 Å². The van der Waals surface area contributed by atoms with Gasteiger partial charge in [0.05, 0.1) is 11.5 Å². The number of rotatable bonds is 3. The summed E-state index contributed by atoms with van der Waals surface area (Å²) in [4.78, 5) is 11.3. The second-order valence-electron chi connectivity index (χ2n) is 4.50. The smallest absolute Gasteiger partial charge is 0.130 e. The van der Waals surface area contributed by atoms with Crippen molar-refractivity contribution < 1.29 is 19.0 Å². The van der Waals surface area contributed by atoms with Crippen LogP contribution in [-0.4, -0.2) is 30.2 Å². The molecule has 0 aromatic heterocycles. The molecule has 0 spiro atoms. The van der Waals surface area contributed by atoms with Crippen LogP contribution in [0.1, 0.15) is 24.3 Å². The molecule has 0 bridgehead atoms. The molecule has 2 rings (SSSR count). The number of aliphatic hydroxyl groups is 1. The predicted octanol–water partition coefficient (Wildman–Crippen LogP) is 2.41. The molecule has 1 fully saturated rings. The summed E-state index contributed by atoms with van der Waals surface area (Å²) in [7, 11) is 0. The first-order chi connectivity index (χ1) is 8.57. The molecule has 0 radical (unpaired) electrons. The molecular formula is C13H14BrFO3. The van der Waals surface area contributed by atoms with Crippen LogP contribution in [0.5, 0.6) is 0 Å². The zero-order valence-corrected chi connectivity index (χ0v) is 11.3. The Labute approximate surface area is 113 Å². The highest BCUT2D eigenvalue weighted by Gasteiger charge is 2.40. The highest BCUT2D eigenvalue weighted by atomic mass is 79.9. The maximum atomic E-state index is 13.8. The monoisotopic (exact) mass is 316 g/mol. The number of halogens is 2. The average molecular weight is 317 g/mol. The predicted molar refractivity (Wildman–Crippen MR) is 67.9 cm³/mol. The Morgan fingerprint density at radius 1 is 1.44 bits per heavy atom. The second kappa shape index (κ2) is 5.47. The molecule has 5 heteroatoms. The summed E-state index contributed by atoms with van der Waals surface area (Å²) < 4.78 is 19.7. The summed E-state index contributed by atoms with van der Waals surface area (Å²) >= 11 is 3.25. The number of aldehydes is 1. The first kappa shape index (κ1) is 13.6. The van der Waals surface area contributed by atoms with Crippen molar-refractivity contribution in [3.63, 3.8) is 0 Å². The molecule has 1 aromatic rings. The van der Waals surface area contributed by atoms with Gasteiger partial charge >= 0.3 is 0 Å². The van der Waals surface area contributed by atoms with Gasteiger partial charge in [-0.2, -0.15) is 0 Å². The summed E-state index contributed by atoms with van der Waals surface area (Å²) in [5.41, 5.74) is -0.995. The number of hydrogen-bond donors (Lipinski definition) is 1. The van der Waals surface area contributed by atoms with Crippen LogP contribution in [0, 0.1) is 5.82 Å². The van der Waals surface area contributed by atoms with Crippen molar-refractivity contribution in [3.05, 3.63) is 34.1 Å². The molecule has 18 heavy (non-hydrogen) atoms. The molecule has 0 saturated carbocycles. The molecule has 1 heterocycles. The van der Waals surface area contributed by atoms with Gasteiger partial charge in [0, 0.05) is 36.1 Å². The zero-order chi connectivity index (χ0) is 13.2. The number of carbonyl (C=O) groups is 1. The Bertz CT molecular complexity index is 444. The molecule has 1 saturated heterocycles. The maximum Gasteiger partial charge on any atom is 0.130 e. The van der Waals surface area contributed by atoms with E-state index in [1.165, 1.54) is 6.07 Å². The van der Waals surface area contributed by atoms with Crippen LogP contribution in [0.3, 0.4) is 0 Å². The Kier molecular flexibility index (Phi) is 4.14. The fraction of sp³-hybridized carbons (Fsp3) is 0.462. The molecule has 1 aromatic carbocycles. The summed E-state index contributed by atoms with van der Waals surface area (Å²) in [6.07, 6.45) is 1.29. The molecule has 1 aliphatic rings. The lowest BCUT2D eigenvalue weighted by atomic mass is 9.78. The van der Waals surface area contributed by atoms with E-state index in [9.17, 15) is 14.3 Å². The number of hydrogen-bond acceptors (Lipinski definition) is 3. The summed E-state index contributed by atoms with van der Waals surface area (Å²) in [6.45, 7) is 0.771. The van der Waals surface area contributed by atoms with Crippen LogP contribution in [0.25, 0.3) is 0 Å². The molecule has 3 nitrogen and oxygen atoms in total. The van der Waals surface area contributed by atoms with Crippen molar-refractivity contribution in [1.82, 2.24) is 0 Å². The van der Waals surface area contributed by atoms with Gasteiger partial charge in [-0.05, 0) is 18.2 Å². The summed E-state index contributed by atoms with van der Waals surface area (Å²) in [5.74, 6) is -1.34. The third-order valence-electron chi connectivity index (χ3n) is 3.37.